The molecule has 0 saturated carbocycles. The number of rotatable bonds is 5. The van der Waals surface area contributed by atoms with Crippen LogP contribution in [0.5, 0.6) is 0 Å². The van der Waals surface area contributed by atoms with Crippen LogP contribution in [-0.2, 0) is 9.59 Å². The third kappa shape index (κ3) is 4.12. The van der Waals surface area contributed by atoms with E-state index < -0.39 is 52.3 Å². The van der Waals surface area contributed by atoms with Crippen LogP contribution in [0, 0.1) is 23.3 Å². The summed E-state index contributed by atoms with van der Waals surface area (Å²) in [6.07, 6.45) is 0. The van der Waals surface area contributed by atoms with Crippen molar-refractivity contribution in [2.45, 2.75) is 0 Å². The number of aliphatic carboxylic acids is 1. The minimum Gasteiger partial charge on any atom is -0.481 e. The predicted molar refractivity (Wildman–Crippen MR) is 59.9 cm³/mol. The van der Waals surface area contributed by atoms with Gasteiger partial charge in [0.2, 0.25) is 5.91 Å². The van der Waals surface area contributed by atoms with Crippen molar-refractivity contribution in [1.29, 1.82) is 0 Å². The number of halogens is 4. The lowest BCUT2D eigenvalue weighted by molar-refractivity contribution is -0.133. The first-order valence-electron chi connectivity index (χ1n) is 4.75. The maximum absolute atomic E-state index is 13.2. The molecule has 2 N–H and O–H groups in total. The van der Waals surface area contributed by atoms with Crippen molar-refractivity contribution < 1.29 is 32.3 Å². The molecule has 0 heterocycles. The Labute approximate surface area is 108 Å². The molecule has 4 nitrogen and oxygen atoms in total. The molecule has 0 atom stereocenters. The Morgan fingerprint density at radius 2 is 1.63 bits per heavy atom. The molecule has 0 aliphatic heterocycles. The van der Waals surface area contributed by atoms with E-state index in [1.54, 1.807) is 5.32 Å². The Balaban J connectivity index is 2.77. The summed E-state index contributed by atoms with van der Waals surface area (Å²) in [5.74, 6) is -9.72. The molecule has 9 heteroatoms. The number of carbonyl (C=O) groups excluding carboxylic acids is 1. The van der Waals surface area contributed by atoms with Crippen molar-refractivity contribution >= 4 is 29.3 Å². The first-order valence-corrected chi connectivity index (χ1v) is 5.90. The number of carbonyl (C=O) groups is 2. The maximum Gasteiger partial charge on any atom is 0.313 e. The number of thioether (sulfide) groups is 1. The van der Waals surface area contributed by atoms with Gasteiger partial charge in [-0.1, -0.05) is 0 Å². The normalized spacial score (nSPS) is 10.3. The molecule has 0 fully saturated rings. The van der Waals surface area contributed by atoms with Crippen molar-refractivity contribution in [1.82, 2.24) is 0 Å². The lowest BCUT2D eigenvalue weighted by Crippen LogP contribution is -2.18. The van der Waals surface area contributed by atoms with Crippen molar-refractivity contribution in [3.63, 3.8) is 0 Å². The van der Waals surface area contributed by atoms with Crippen LogP contribution in [0.15, 0.2) is 6.07 Å². The van der Waals surface area contributed by atoms with E-state index in [1.807, 2.05) is 0 Å². The van der Waals surface area contributed by atoms with E-state index in [0.29, 0.717) is 11.8 Å². The average molecular weight is 297 g/mol. The Bertz CT molecular complexity index is 498. The first kappa shape index (κ1) is 15.3. The molecular formula is C10H7F4NO3S. The molecule has 0 bridgehead atoms. The van der Waals surface area contributed by atoms with Crippen LogP contribution in [-0.4, -0.2) is 28.5 Å². The van der Waals surface area contributed by atoms with Crippen LogP contribution >= 0.6 is 11.8 Å². The standard InChI is InChI=1S/C10H7F4NO3S/c11-4-1-5(12)9(14)10(8(4)13)15-6(16)2-19-3-7(17)18/h1H,2-3H2,(H,15,16)(H,17,18). The zero-order chi connectivity index (χ0) is 14.6. The minimum absolute atomic E-state index is 0.0134. The van der Waals surface area contributed by atoms with Crippen molar-refractivity contribution in [2.24, 2.45) is 0 Å². The van der Waals surface area contributed by atoms with Crippen molar-refractivity contribution in [3.8, 4) is 0 Å². The van der Waals surface area contributed by atoms with Gasteiger partial charge in [0.05, 0.1) is 11.5 Å². The van der Waals surface area contributed by atoms with Crippen LogP contribution in [0.4, 0.5) is 23.2 Å². The zero-order valence-electron chi connectivity index (χ0n) is 9.18. The Morgan fingerprint density at radius 3 is 2.11 bits per heavy atom. The van der Waals surface area contributed by atoms with Gasteiger partial charge >= 0.3 is 5.97 Å². The van der Waals surface area contributed by atoms with Crippen LogP contribution < -0.4 is 5.32 Å². The molecule has 1 amide bonds. The quantitative estimate of drug-likeness (QED) is 0.644. The van der Waals surface area contributed by atoms with E-state index in [2.05, 4.69) is 0 Å². The summed E-state index contributed by atoms with van der Waals surface area (Å²) in [6, 6.07) is 0.0134. The number of nitrogens with one attached hydrogen (secondary N) is 1. The van der Waals surface area contributed by atoms with Crippen LogP contribution in [0.1, 0.15) is 0 Å². The summed E-state index contributed by atoms with van der Waals surface area (Å²) in [4.78, 5) is 21.4. The predicted octanol–water partition coefficient (Wildman–Crippen LogP) is 2.00. The van der Waals surface area contributed by atoms with Gasteiger partial charge in [-0.25, -0.2) is 17.6 Å². The molecule has 104 valence electrons. The van der Waals surface area contributed by atoms with Crippen LogP contribution in [0.25, 0.3) is 0 Å². The van der Waals surface area contributed by atoms with Gasteiger partial charge in [0.15, 0.2) is 23.3 Å². The summed E-state index contributed by atoms with van der Waals surface area (Å²) < 4.78 is 51.9. The third-order valence-corrected chi connectivity index (χ3v) is 2.75. The topological polar surface area (TPSA) is 66.4 Å². The highest BCUT2D eigenvalue weighted by Crippen LogP contribution is 2.24. The van der Waals surface area contributed by atoms with E-state index in [0.717, 1.165) is 0 Å². The van der Waals surface area contributed by atoms with Gasteiger partial charge < -0.3 is 10.4 Å². The van der Waals surface area contributed by atoms with Gasteiger partial charge in [-0.2, -0.15) is 0 Å². The minimum atomic E-state index is -1.73. The highest BCUT2D eigenvalue weighted by molar-refractivity contribution is 8.00. The molecule has 0 spiro atoms. The van der Waals surface area contributed by atoms with Crippen LogP contribution in [0.3, 0.4) is 0 Å². The number of benzene rings is 1. The fourth-order valence-corrected chi connectivity index (χ4v) is 1.62. The first-order chi connectivity index (χ1) is 8.82. The molecule has 1 aromatic rings. The smallest absolute Gasteiger partial charge is 0.313 e. The summed E-state index contributed by atoms with van der Waals surface area (Å²) in [6.45, 7) is 0. The molecule has 0 saturated heterocycles. The Hall–Kier alpha value is -1.77. The SMILES string of the molecule is O=C(O)CSCC(=O)Nc1c(F)c(F)cc(F)c1F. The summed E-state index contributed by atoms with van der Waals surface area (Å²) >= 11 is 0.665. The fourth-order valence-electron chi connectivity index (χ4n) is 1.09. The van der Waals surface area contributed by atoms with Gasteiger partial charge in [0.25, 0.3) is 0 Å². The summed E-state index contributed by atoms with van der Waals surface area (Å²) in [7, 11) is 0. The van der Waals surface area contributed by atoms with Gasteiger partial charge in [-0.05, 0) is 0 Å². The fraction of sp³-hybridized carbons (Fsp3) is 0.200. The van der Waals surface area contributed by atoms with Gasteiger partial charge in [0.1, 0.15) is 5.69 Å². The van der Waals surface area contributed by atoms with E-state index >= 15 is 0 Å². The Morgan fingerprint density at radius 1 is 1.11 bits per heavy atom. The van der Waals surface area contributed by atoms with E-state index in [-0.39, 0.29) is 6.07 Å². The summed E-state index contributed by atoms with van der Waals surface area (Å²) in [5, 5.41) is 9.96. The zero-order valence-corrected chi connectivity index (χ0v) is 9.99. The molecule has 19 heavy (non-hydrogen) atoms. The molecule has 0 aliphatic rings. The maximum atomic E-state index is 13.2. The number of anilines is 1. The number of hydrogen-bond donors (Lipinski definition) is 2. The van der Waals surface area contributed by atoms with E-state index in [9.17, 15) is 27.2 Å². The molecule has 1 rings (SSSR count). The summed E-state index contributed by atoms with van der Waals surface area (Å²) in [5.41, 5.74) is -1.24. The van der Waals surface area contributed by atoms with E-state index in [4.69, 9.17) is 5.11 Å². The second kappa shape index (κ2) is 6.41. The number of carboxylic acids is 1. The second-order valence-electron chi connectivity index (χ2n) is 3.28. The largest absolute Gasteiger partial charge is 0.481 e. The molecule has 0 radical (unpaired) electrons. The molecule has 0 unspecified atom stereocenters. The third-order valence-electron chi connectivity index (χ3n) is 1.83. The average Bonchev–Trinajstić information content (AvgIpc) is 2.32. The van der Waals surface area contributed by atoms with Gasteiger partial charge in [0, 0.05) is 6.07 Å². The lowest BCUT2D eigenvalue weighted by atomic mass is 10.2. The van der Waals surface area contributed by atoms with Gasteiger partial charge in [-0.3, -0.25) is 9.59 Å². The monoisotopic (exact) mass is 297 g/mol. The molecule has 0 aromatic heterocycles. The van der Waals surface area contributed by atoms with E-state index in [1.165, 1.54) is 0 Å². The highest BCUT2D eigenvalue weighted by Gasteiger charge is 2.20. The van der Waals surface area contributed by atoms with Gasteiger partial charge in [-0.15, -0.1) is 11.8 Å². The van der Waals surface area contributed by atoms with Crippen molar-refractivity contribution in [3.05, 3.63) is 29.3 Å². The highest BCUT2D eigenvalue weighted by atomic mass is 32.2. The number of amides is 1. The molecule has 0 aliphatic carbocycles. The molecular weight excluding hydrogens is 290 g/mol. The number of carboxylic acid groups (broad SMARTS) is 1. The molecule has 1 aromatic carbocycles. The second-order valence-corrected chi connectivity index (χ2v) is 4.26. The van der Waals surface area contributed by atoms with Crippen LogP contribution in [0.2, 0.25) is 0 Å². The Kier molecular flexibility index (Phi) is 5.16. The lowest BCUT2D eigenvalue weighted by Gasteiger charge is -2.08. The van der Waals surface area contributed by atoms with Crippen molar-refractivity contribution in [2.75, 3.05) is 16.8 Å². The number of hydrogen-bond acceptors (Lipinski definition) is 3.